The van der Waals surface area contributed by atoms with E-state index < -0.39 is 0 Å². The van der Waals surface area contributed by atoms with E-state index in [4.69, 9.17) is 0 Å². The minimum absolute atomic E-state index is 0.0758. The van der Waals surface area contributed by atoms with Crippen LogP contribution in [0, 0.1) is 11.8 Å². The summed E-state index contributed by atoms with van der Waals surface area (Å²) in [6, 6.07) is 0. The van der Waals surface area contributed by atoms with Gasteiger partial charge in [-0.3, -0.25) is 14.9 Å². The maximum absolute atomic E-state index is 11.1. The van der Waals surface area contributed by atoms with E-state index in [9.17, 15) is 9.59 Å². The molecule has 0 aromatic carbocycles. The average molecular weight is 181 g/mol. The van der Waals surface area contributed by atoms with Crippen LogP contribution in [0.2, 0.25) is 0 Å². The van der Waals surface area contributed by atoms with Crippen molar-refractivity contribution < 1.29 is 9.59 Å². The summed E-state index contributed by atoms with van der Waals surface area (Å²) in [7, 11) is 0. The van der Waals surface area contributed by atoms with Gasteiger partial charge in [0.1, 0.15) is 0 Å². The zero-order chi connectivity index (χ0) is 9.26. The number of nitrogens with one attached hydrogen (secondary N) is 1. The largest absolute Gasteiger partial charge is 0.296 e. The van der Waals surface area contributed by atoms with Gasteiger partial charge in [0.2, 0.25) is 11.8 Å². The quantitative estimate of drug-likeness (QED) is 0.618. The third kappa shape index (κ3) is 1.90. The Balaban J connectivity index is 1.97. The first kappa shape index (κ1) is 8.73. The molecule has 72 valence electrons. The third-order valence-electron chi connectivity index (χ3n) is 3.24. The Morgan fingerprint density at radius 3 is 2.00 bits per heavy atom. The molecule has 3 heteroatoms. The Hall–Kier alpha value is -0.860. The number of hydrogen-bond acceptors (Lipinski definition) is 2. The monoisotopic (exact) mass is 181 g/mol. The molecule has 13 heavy (non-hydrogen) atoms. The van der Waals surface area contributed by atoms with E-state index in [1.807, 2.05) is 0 Å². The van der Waals surface area contributed by atoms with Crippen molar-refractivity contribution in [1.29, 1.82) is 0 Å². The van der Waals surface area contributed by atoms with Crippen LogP contribution in [0.4, 0.5) is 0 Å². The molecule has 0 bridgehead atoms. The second-order valence-electron chi connectivity index (χ2n) is 4.18. The molecule has 0 spiro atoms. The van der Waals surface area contributed by atoms with Crippen molar-refractivity contribution in [2.75, 3.05) is 0 Å². The molecular formula is C10H15NO2. The van der Waals surface area contributed by atoms with E-state index >= 15 is 0 Å². The summed E-state index contributed by atoms with van der Waals surface area (Å²) in [5.74, 6) is 0.819. The van der Waals surface area contributed by atoms with Gasteiger partial charge in [-0.2, -0.15) is 0 Å². The minimum Gasteiger partial charge on any atom is -0.296 e. The van der Waals surface area contributed by atoms with Crippen LogP contribution < -0.4 is 5.32 Å². The van der Waals surface area contributed by atoms with Crippen molar-refractivity contribution in [3.8, 4) is 0 Å². The fourth-order valence-corrected chi connectivity index (χ4v) is 2.57. The van der Waals surface area contributed by atoms with E-state index in [2.05, 4.69) is 5.32 Å². The maximum Gasteiger partial charge on any atom is 0.226 e. The van der Waals surface area contributed by atoms with Crippen LogP contribution in [0.3, 0.4) is 0 Å². The SMILES string of the molecule is O=C1CC(C2CCCC2)CC(=O)N1. The van der Waals surface area contributed by atoms with Crippen molar-refractivity contribution >= 4 is 11.8 Å². The maximum atomic E-state index is 11.1. The Morgan fingerprint density at radius 1 is 0.923 bits per heavy atom. The van der Waals surface area contributed by atoms with Gasteiger partial charge in [-0.25, -0.2) is 0 Å². The van der Waals surface area contributed by atoms with Crippen LogP contribution in [-0.2, 0) is 9.59 Å². The minimum atomic E-state index is -0.0758. The molecule has 1 saturated carbocycles. The normalized spacial score (nSPS) is 26.5. The molecule has 1 saturated heterocycles. The van der Waals surface area contributed by atoms with Gasteiger partial charge in [0.25, 0.3) is 0 Å². The van der Waals surface area contributed by atoms with Gasteiger partial charge in [0.05, 0.1) is 0 Å². The van der Waals surface area contributed by atoms with Crippen molar-refractivity contribution in [3.05, 3.63) is 0 Å². The predicted molar refractivity (Wildman–Crippen MR) is 47.8 cm³/mol. The van der Waals surface area contributed by atoms with Gasteiger partial charge in [-0.05, 0) is 11.8 Å². The highest BCUT2D eigenvalue weighted by Gasteiger charge is 2.32. The lowest BCUT2D eigenvalue weighted by molar-refractivity contribution is -0.135. The first-order valence-electron chi connectivity index (χ1n) is 5.08. The molecule has 0 unspecified atom stereocenters. The molecule has 2 amide bonds. The van der Waals surface area contributed by atoms with Crippen molar-refractivity contribution in [2.24, 2.45) is 11.8 Å². The number of piperidine rings is 1. The van der Waals surface area contributed by atoms with Gasteiger partial charge in [0, 0.05) is 12.8 Å². The van der Waals surface area contributed by atoms with Crippen LogP contribution in [0.5, 0.6) is 0 Å². The van der Waals surface area contributed by atoms with E-state index in [0.29, 0.717) is 24.7 Å². The van der Waals surface area contributed by atoms with Crippen molar-refractivity contribution in [1.82, 2.24) is 5.32 Å². The van der Waals surface area contributed by atoms with Crippen LogP contribution in [0.1, 0.15) is 38.5 Å². The van der Waals surface area contributed by atoms with E-state index in [1.165, 1.54) is 25.7 Å². The molecule has 2 rings (SSSR count). The molecule has 0 aromatic rings. The van der Waals surface area contributed by atoms with Gasteiger partial charge in [-0.1, -0.05) is 25.7 Å². The van der Waals surface area contributed by atoms with Gasteiger partial charge >= 0.3 is 0 Å². The first-order chi connectivity index (χ1) is 6.25. The molecule has 0 atom stereocenters. The topological polar surface area (TPSA) is 46.2 Å². The number of hydrogen-bond donors (Lipinski definition) is 1. The number of carbonyl (C=O) groups is 2. The third-order valence-corrected chi connectivity index (χ3v) is 3.24. The highest BCUT2D eigenvalue weighted by Crippen LogP contribution is 2.35. The lowest BCUT2D eigenvalue weighted by Crippen LogP contribution is -2.40. The summed E-state index contributed by atoms with van der Waals surface area (Å²) in [5, 5.41) is 2.35. The zero-order valence-electron chi connectivity index (χ0n) is 7.71. The molecule has 2 fully saturated rings. The highest BCUT2D eigenvalue weighted by atomic mass is 16.2. The van der Waals surface area contributed by atoms with Gasteiger partial charge in [-0.15, -0.1) is 0 Å². The molecule has 2 aliphatic rings. The summed E-state index contributed by atoms with van der Waals surface area (Å²) in [4.78, 5) is 22.2. The average Bonchev–Trinajstić information content (AvgIpc) is 2.53. The molecule has 3 nitrogen and oxygen atoms in total. The fourth-order valence-electron chi connectivity index (χ4n) is 2.57. The zero-order valence-corrected chi connectivity index (χ0v) is 7.71. The second-order valence-corrected chi connectivity index (χ2v) is 4.18. The molecule has 0 radical (unpaired) electrons. The summed E-state index contributed by atoms with van der Waals surface area (Å²) >= 11 is 0. The Labute approximate surface area is 77.9 Å². The molecular weight excluding hydrogens is 166 g/mol. The number of carbonyl (C=O) groups excluding carboxylic acids is 2. The summed E-state index contributed by atoms with van der Waals surface area (Å²) < 4.78 is 0. The lowest BCUT2D eigenvalue weighted by Gasteiger charge is -2.25. The van der Waals surface area contributed by atoms with E-state index in [1.54, 1.807) is 0 Å². The second kappa shape index (κ2) is 3.48. The number of imide groups is 1. The van der Waals surface area contributed by atoms with Crippen molar-refractivity contribution in [3.63, 3.8) is 0 Å². The van der Waals surface area contributed by atoms with Crippen molar-refractivity contribution in [2.45, 2.75) is 38.5 Å². The summed E-state index contributed by atoms with van der Waals surface area (Å²) in [6.45, 7) is 0. The Bertz CT molecular complexity index is 215. The van der Waals surface area contributed by atoms with Gasteiger partial charge in [0.15, 0.2) is 0 Å². The summed E-state index contributed by atoms with van der Waals surface area (Å²) in [6.07, 6.45) is 6.11. The highest BCUT2D eigenvalue weighted by molar-refractivity contribution is 5.97. The van der Waals surface area contributed by atoms with Gasteiger partial charge < -0.3 is 0 Å². The molecule has 1 heterocycles. The van der Waals surface area contributed by atoms with Crippen LogP contribution in [0.25, 0.3) is 0 Å². The number of rotatable bonds is 1. The summed E-state index contributed by atoms with van der Waals surface area (Å²) in [5.41, 5.74) is 0. The standard InChI is InChI=1S/C10H15NO2/c12-9-5-8(6-10(13)11-9)7-3-1-2-4-7/h7-8H,1-6H2,(H,11,12,13). The van der Waals surface area contributed by atoms with Crippen LogP contribution >= 0.6 is 0 Å². The van der Waals surface area contributed by atoms with E-state index in [-0.39, 0.29) is 11.8 Å². The Morgan fingerprint density at radius 2 is 1.46 bits per heavy atom. The number of amides is 2. The predicted octanol–water partition coefficient (Wildman–Crippen LogP) is 1.23. The van der Waals surface area contributed by atoms with E-state index in [0.717, 1.165) is 0 Å². The van der Waals surface area contributed by atoms with Crippen LogP contribution in [0.15, 0.2) is 0 Å². The molecule has 1 aliphatic heterocycles. The lowest BCUT2D eigenvalue weighted by atomic mass is 9.83. The first-order valence-corrected chi connectivity index (χ1v) is 5.08. The fraction of sp³-hybridized carbons (Fsp3) is 0.800. The van der Waals surface area contributed by atoms with Crippen LogP contribution in [-0.4, -0.2) is 11.8 Å². The smallest absolute Gasteiger partial charge is 0.226 e. The Kier molecular flexibility index (Phi) is 2.34. The molecule has 0 aromatic heterocycles. The molecule has 1 aliphatic carbocycles. The molecule has 1 N–H and O–H groups in total.